The lowest BCUT2D eigenvalue weighted by atomic mass is 9.99. The van der Waals surface area contributed by atoms with Crippen LogP contribution in [0.4, 0.5) is 0 Å². The molecule has 0 aliphatic carbocycles. The predicted molar refractivity (Wildman–Crippen MR) is 120 cm³/mol. The monoisotopic (exact) mass is 394 g/mol. The zero-order valence-electron chi connectivity index (χ0n) is 16.9. The molecule has 0 unspecified atom stereocenters. The Labute approximate surface area is 175 Å². The molecule has 0 radical (unpaired) electrons. The first kappa shape index (κ1) is 19.4. The molecule has 1 N–H and O–H groups in total. The molecule has 1 amide bonds. The Kier molecular flexibility index (Phi) is 5.57. The standard InChI is InChI=1S/C26H22N2O2/c1-18-17-24(19(2)30-18)26(29)28-27-25(22-11-7-4-8-12-22)23-15-13-21(14-16-23)20-9-5-3-6-10-20/h3-17H,1-2H3,(H,28,29). The number of aryl methyl sites for hydroxylation is 2. The summed E-state index contributed by atoms with van der Waals surface area (Å²) in [7, 11) is 0. The summed E-state index contributed by atoms with van der Waals surface area (Å²) in [6.07, 6.45) is 0. The van der Waals surface area contributed by atoms with Crippen molar-refractivity contribution in [3.8, 4) is 11.1 Å². The minimum atomic E-state index is -0.293. The van der Waals surface area contributed by atoms with Gasteiger partial charge in [-0.2, -0.15) is 5.10 Å². The van der Waals surface area contributed by atoms with Crippen LogP contribution in [0.15, 0.2) is 101 Å². The second-order valence-electron chi connectivity index (χ2n) is 7.04. The average molecular weight is 394 g/mol. The molecular formula is C26H22N2O2. The Morgan fingerprint density at radius 2 is 1.33 bits per heavy atom. The molecule has 1 aromatic heterocycles. The number of benzene rings is 3. The lowest BCUT2D eigenvalue weighted by Crippen LogP contribution is -2.20. The molecule has 0 spiro atoms. The number of nitrogens with zero attached hydrogens (tertiary/aromatic N) is 1. The SMILES string of the molecule is Cc1cc(C(=O)NN=C(c2ccccc2)c2ccc(-c3ccccc3)cc2)c(C)o1. The molecule has 0 aliphatic rings. The van der Waals surface area contributed by atoms with Crippen LogP contribution in [0.25, 0.3) is 11.1 Å². The van der Waals surface area contributed by atoms with E-state index in [0.29, 0.717) is 22.8 Å². The van der Waals surface area contributed by atoms with E-state index in [0.717, 1.165) is 22.3 Å². The molecule has 0 atom stereocenters. The van der Waals surface area contributed by atoms with Gasteiger partial charge >= 0.3 is 0 Å². The summed E-state index contributed by atoms with van der Waals surface area (Å²) >= 11 is 0. The van der Waals surface area contributed by atoms with Gasteiger partial charge in [0, 0.05) is 11.1 Å². The third-order valence-corrected chi connectivity index (χ3v) is 4.87. The first-order valence-corrected chi connectivity index (χ1v) is 9.78. The molecule has 4 heteroatoms. The number of amides is 1. The van der Waals surface area contributed by atoms with Crippen LogP contribution in [-0.2, 0) is 0 Å². The van der Waals surface area contributed by atoms with Gasteiger partial charge in [-0.15, -0.1) is 0 Å². The van der Waals surface area contributed by atoms with Crippen LogP contribution in [0, 0.1) is 13.8 Å². The predicted octanol–water partition coefficient (Wildman–Crippen LogP) is 5.75. The van der Waals surface area contributed by atoms with Crippen molar-refractivity contribution < 1.29 is 9.21 Å². The molecule has 3 aromatic carbocycles. The summed E-state index contributed by atoms with van der Waals surface area (Å²) in [6.45, 7) is 3.59. The molecule has 4 aromatic rings. The van der Waals surface area contributed by atoms with Gasteiger partial charge in [-0.3, -0.25) is 4.79 Å². The van der Waals surface area contributed by atoms with E-state index in [4.69, 9.17) is 4.42 Å². The molecule has 148 valence electrons. The maximum absolute atomic E-state index is 12.6. The summed E-state index contributed by atoms with van der Waals surface area (Å²) < 4.78 is 5.46. The third-order valence-electron chi connectivity index (χ3n) is 4.87. The molecule has 0 saturated heterocycles. The summed E-state index contributed by atoms with van der Waals surface area (Å²) in [5, 5.41) is 4.47. The van der Waals surface area contributed by atoms with Gasteiger partial charge in [0.1, 0.15) is 11.5 Å². The van der Waals surface area contributed by atoms with E-state index in [2.05, 4.69) is 34.8 Å². The molecule has 0 aliphatic heterocycles. The van der Waals surface area contributed by atoms with Crippen molar-refractivity contribution in [1.82, 2.24) is 5.43 Å². The van der Waals surface area contributed by atoms with Crippen molar-refractivity contribution in [2.45, 2.75) is 13.8 Å². The van der Waals surface area contributed by atoms with E-state index < -0.39 is 0 Å². The van der Waals surface area contributed by atoms with E-state index in [1.807, 2.05) is 67.6 Å². The highest BCUT2D eigenvalue weighted by Gasteiger charge is 2.14. The van der Waals surface area contributed by atoms with Gasteiger partial charge < -0.3 is 4.42 Å². The van der Waals surface area contributed by atoms with Crippen LogP contribution >= 0.6 is 0 Å². The fourth-order valence-corrected chi connectivity index (χ4v) is 3.37. The summed E-state index contributed by atoms with van der Waals surface area (Å²) in [4.78, 5) is 12.6. The highest BCUT2D eigenvalue weighted by molar-refractivity contribution is 6.13. The van der Waals surface area contributed by atoms with Crippen molar-refractivity contribution in [2.24, 2.45) is 5.10 Å². The third kappa shape index (κ3) is 4.23. The van der Waals surface area contributed by atoms with Crippen LogP contribution in [0.3, 0.4) is 0 Å². The number of furan rings is 1. The first-order valence-electron chi connectivity index (χ1n) is 9.78. The summed E-state index contributed by atoms with van der Waals surface area (Å²) in [5.41, 5.74) is 7.99. The number of nitrogens with one attached hydrogen (secondary N) is 1. The molecule has 0 bridgehead atoms. The Morgan fingerprint density at radius 1 is 0.767 bits per heavy atom. The van der Waals surface area contributed by atoms with Gasteiger partial charge in [0.05, 0.1) is 11.3 Å². The second kappa shape index (κ2) is 8.62. The number of carbonyl (C=O) groups excluding carboxylic acids is 1. The maximum atomic E-state index is 12.6. The number of rotatable bonds is 5. The smallest absolute Gasteiger partial charge is 0.274 e. The number of hydrazone groups is 1. The van der Waals surface area contributed by atoms with Gasteiger partial charge in [0.25, 0.3) is 5.91 Å². The van der Waals surface area contributed by atoms with Gasteiger partial charge in [0.2, 0.25) is 0 Å². The van der Waals surface area contributed by atoms with E-state index in [-0.39, 0.29) is 5.91 Å². The lowest BCUT2D eigenvalue weighted by Gasteiger charge is -2.09. The number of hydrogen-bond donors (Lipinski definition) is 1. The summed E-state index contributed by atoms with van der Waals surface area (Å²) in [6, 6.07) is 29.9. The highest BCUT2D eigenvalue weighted by Crippen LogP contribution is 2.21. The van der Waals surface area contributed by atoms with E-state index in [1.165, 1.54) is 0 Å². The minimum Gasteiger partial charge on any atom is -0.466 e. The first-order chi connectivity index (χ1) is 14.6. The Hall–Kier alpha value is -3.92. The average Bonchev–Trinajstić information content (AvgIpc) is 3.13. The number of carbonyl (C=O) groups is 1. The number of hydrogen-bond acceptors (Lipinski definition) is 3. The zero-order chi connectivity index (χ0) is 20.9. The van der Waals surface area contributed by atoms with Crippen LogP contribution in [-0.4, -0.2) is 11.6 Å². The van der Waals surface area contributed by atoms with Gasteiger partial charge in [-0.25, -0.2) is 5.43 Å². The quantitative estimate of drug-likeness (QED) is 0.346. The summed E-state index contributed by atoms with van der Waals surface area (Å²) in [5.74, 6) is 0.980. The fourth-order valence-electron chi connectivity index (χ4n) is 3.37. The molecule has 4 nitrogen and oxygen atoms in total. The van der Waals surface area contributed by atoms with Crippen molar-refractivity contribution in [2.75, 3.05) is 0 Å². The molecule has 30 heavy (non-hydrogen) atoms. The molecule has 4 rings (SSSR count). The van der Waals surface area contributed by atoms with Crippen molar-refractivity contribution >= 4 is 11.6 Å². The van der Waals surface area contributed by atoms with Gasteiger partial charge in [0.15, 0.2) is 0 Å². The Morgan fingerprint density at radius 3 is 1.93 bits per heavy atom. The topological polar surface area (TPSA) is 54.6 Å². The normalized spacial score (nSPS) is 11.3. The Balaban J connectivity index is 1.66. The van der Waals surface area contributed by atoms with Gasteiger partial charge in [-0.05, 0) is 31.0 Å². The lowest BCUT2D eigenvalue weighted by molar-refractivity contribution is 0.0953. The van der Waals surface area contributed by atoms with E-state index >= 15 is 0 Å². The van der Waals surface area contributed by atoms with Crippen LogP contribution < -0.4 is 5.43 Å². The van der Waals surface area contributed by atoms with Gasteiger partial charge in [-0.1, -0.05) is 84.9 Å². The highest BCUT2D eigenvalue weighted by atomic mass is 16.3. The van der Waals surface area contributed by atoms with Crippen molar-refractivity contribution in [1.29, 1.82) is 0 Å². The van der Waals surface area contributed by atoms with Crippen molar-refractivity contribution in [3.05, 3.63) is 119 Å². The van der Waals surface area contributed by atoms with Crippen LogP contribution in [0.5, 0.6) is 0 Å². The zero-order valence-corrected chi connectivity index (χ0v) is 16.9. The fraction of sp³-hybridized carbons (Fsp3) is 0.0769. The minimum absolute atomic E-state index is 0.293. The Bertz CT molecular complexity index is 1170. The molecule has 0 saturated carbocycles. The van der Waals surface area contributed by atoms with E-state index in [9.17, 15) is 4.79 Å². The second-order valence-corrected chi connectivity index (χ2v) is 7.04. The molecular weight excluding hydrogens is 372 g/mol. The molecule has 0 fully saturated rings. The van der Waals surface area contributed by atoms with Crippen molar-refractivity contribution in [3.63, 3.8) is 0 Å². The molecule has 1 heterocycles. The van der Waals surface area contributed by atoms with Crippen LogP contribution in [0.1, 0.15) is 33.0 Å². The van der Waals surface area contributed by atoms with Crippen LogP contribution in [0.2, 0.25) is 0 Å². The largest absolute Gasteiger partial charge is 0.466 e. The van der Waals surface area contributed by atoms with E-state index in [1.54, 1.807) is 13.0 Å². The maximum Gasteiger partial charge on any atom is 0.274 e.